The van der Waals surface area contributed by atoms with Crippen LogP contribution in [0, 0.1) is 13.8 Å². The van der Waals surface area contributed by atoms with Crippen LogP contribution in [-0.4, -0.2) is 27.1 Å². The first kappa shape index (κ1) is 17.8. The van der Waals surface area contributed by atoms with E-state index < -0.39 is 0 Å². The van der Waals surface area contributed by atoms with E-state index >= 15 is 0 Å². The van der Waals surface area contributed by atoms with Gasteiger partial charge in [-0.15, -0.1) is 0 Å². The minimum atomic E-state index is -0.296. The zero-order valence-corrected chi connectivity index (χ0v) is 15.8. The van der Waals surface area contributed by atoms with Gasteiger partial charge in [0, 0.05) is 18.7 Å². The molecule has 2 aromatic heterocycles. The second-order valence-corrected chi connectivity index (χ2v) is 7.10. The molecule has 1 amide bonds. The molecule has 0 spiro atoms. The molecule has 2 unspecified atom stereocenters. The average molecular weight is 343 g/mol. The Kier molecular flexibility index (Phi) is 5.30. The third-order valence-electron chi connectivity index (χ3n) is 5.16. The predicted molar refractivity (Wildman–Crippen MR) is 97.4 cm³/mol. The van der Waals surface area contributed by atoms with Crippen LogP contribution in [0.15, 0.2) is 22.6 Å². The van der Waals surface area contributed by atoms with E-state index in [9.17, 15) is 4.79 Å². The number of furan rings is 1. The number of hydrogen-bond donors (Lipinski definition) is 0. The number of rotatable bonds is 4. The summed E-state index contributed by atoms with van der Waals surface area (Å²) in [4.78, 5) is 15.3. The second-order valence-electron chi connectivity index (χ2n) is 7.10. The molecule has 1 saturated heterocycles. The lowest BCUT2D eigenvalue weighted by molar-refractivity contribution is -0.137. The molecule has 0 radical (unpaired) electrons. The summed E-state index contributed by atoms with van der Waals surface area (Å²) >= 11 is 0. The van der Waals surface area contributed by atoms with Crippen LogP contribution in [0.5, 0.6) is 0 Å². The van der Waals surface area contributed by atoms with Gasteiger partial charge in [-0.2, -0.15) is 5.10 Å². The standard InChI is InChI=1S/C20H29N3O2/c1-5-17-10-11-19(25-17)18-9-7-6-8-12-22(18)20(24)16(4)23-15(3)13-14(2)21-23/h10-11,13,16,18H,5-9,12H2,1-4H3. The van der Waals surface area contributed by atoms with Crippen LogP contribution in [0.4, 0.5) is 0 Å². The maximum absolute atomic E-state index is 13.3. The van der Waals surface area contributed by atoms with Crippen molar-refractivity contribution in [3.8, 4) is 0 Å². The van der Waals surface area contributed by atoms with Crippen molar-refractivity contribution in [1.82, 2.24) is 14.7 Å². The lowest BCUT2D eigenvalue weighted by Gasteiger charge is -2.31. The summed E-state index contributed by atoms with van der Waals surface area (Å²) in [5.74, 6) is 2.04. The van der Waals surface area contributed by atoms with Crippen molar-refractivity contribution in [1.29, 1.82) is 0 Å². The van der Waals surface area contributed by atoms with E-state index in [1.165, 1.54) is 0 Å². The fourth-order valence-electron chi connectivity index (χ4n) is 3.81. The molecule has 136 valence electrons. The smallest absolute Gasteiger partial charge is 0.247 e. The van der Waals surface area contributed by atoms with Crippen LogP contribution in [0.2, 0.25) is 0 Å². The number of carbonyl (C=O) groups excluding carboxylic acids is 1. The maximum Gasteiger partial charge on any atom is 0.247 e. The summed E-state index contributed by atoms with van der Waals surface area (Å²) in [6.45, 7) is 8.79. The van der Waals surface area contributed by atoms with Crippen molar-refractivity contribution >= 4 is 5.91 Å². The SMILES string of the molecule is CCc1ccc(C2CCCCCN2C(=O)C(C)n2nc(C)cc2C)o1. The van der Waals surface area contributed by atoms with Gasteiger partial charge in [-0.05, 0) is 51.8 Å². The molecule has 0 N–H and O–H groups in total. The van der Waals surface area contributed by atoms with E-state index in [4.69, 9.17) is 4.42 Å². The molecule has 1 fully saturated rings. The topological polar surface area (TPSA) is 51.3 Å². The molecule has 5 heteroatoms. The van der Waals surface area contributed by atoms with Crippen LogP contribution in [0.25, 0.3) is 0 Å². The molecule has 3 rings (SSSR count). The third kappa shape index (κ3) is 3.65. The monoisotopic (exact) mass is 343 g/mol. The number of hydrogen-bond acceptors (Lipinski definition) is 3. The predicted octanol–water partition coefficient (Wildman–Crippen LogP) is 4.36. The molecule has 0 aliphatic carbocycles. The second kappa shape index (κ2) is 7.46. The lowest BCUT2D eigenvalue weighted by Crippen LogP contribution is -2.39. The summed E-state index contributed by atoms with van der Waals surface area (Å²) in [5, 5.41) is 4.51. The van der Waals surface area contributed by atoms with Gasteiger partial charge in [-0.25, -0.2) is 0 Å². The van der Waals surface area contributed by atoms with E-state index in [2.05, 4.69) is 12.0 Å². The van der Waals surface area contributed by atoms with Crippen molar-refractivity contribution in [3.05, 3.63) is 41.1 Å². The Morgan fingerprint density at radius 1 is 1.32 bits per heavy atom. The zero-order chi connectivity index (χ0) is 18.0. The summed E-state index contributed by atoms with van der Waals surface area (Å²) in [7, 11) is 0. The van der Waals surface area contributed by atoms with Gasteiger partial charge < -0.3 is 9.32 Å². The zero-order valence-electron chi connectivity index (χ0n) is 15.8. The first-order chi connectivity index (χ1) is 12.0. The van der Waals surface area contributed by atoms with Crippen molar-refractivity contribution in [3.63, 3.8) is 0 Å². The van der Waals surface area contributed by atoms with Crippen molar-refractivity contribution in [2.45, 2.75) is 71.9 Å². The summed E-state index contributed by atoms with van der Waals surface area (Å²) in [6, 6.07) is 5.84. The largest absolute Gasteiger partial charge is 0.464 e. The molecule has 0 saturated carbocycles. The highest BCUT2D eigenvalue weighted by molar-refractivity contribution is 5.80. The Morgan fingerprint density at radius 2 is 2.12 bits per heavy atom. The van der Waals surface area contributed by atoms with Crippen LogP contribution < -0.4 is 0 Å². The number of carbonyl (C=O) groups is 1. The van der Waals surface area contributed by atoms with E-state index in [1.807, 2.05) is 48.6 Å². The fraction of sp³-hybridized carbons (Fsp3) is 0.600. The highest BCUT2D eigenvalue weighted by Gasteiger charge is 2.32. The van der Waals surface area contributed by atoms with Crippen LogP contribution in [-0.2, 0) is 11.2 Å². The summed E-state index contributed by atoms with van der Waals surface area (Å²) in [6.07, 6.45) is 5.18. The molecule has 1 aliphatic rings. The van der Waals surface area contributed by atoms with Gasteiger partial charge in [-0.1, -0.05) is 19.8 Å². The number of likely N-dealkylation sites (tertiary alicyclic amines) is 1. The Hall–Kier alpha value is -2.04. The van der Waals surface area contributed by atoms with Crippen molar-refractivity contribution < 1.29 is 9.21 Å². The van der Waals surface area contributed by atoms with Crippen molar-refractivity contribution in [2.75, 3.05) is 6.54 Å². The molecular formula is C20H29N3O2. The first-order valence-electron chi connectivity index (χ1n) is 9.43. The van der Waals surface area contributed by atoms with Gasteiger partial charge in [-0.3, -0.25) is 9.48 Å². The highest BCUT2D eigenvalue weighted by Crippen LogP contribution is 2.33. The van der Waals surface area contributed by atoms with Crippen LogP contribution in [0.3, 0.4) is 0 Å². The van der Waals surface area contributed by atoms with E-state index in [0.29, 0.717) is 0 Å². The summed E-state index contributed by atoms with van der Waals surface area (Å²) in [5.41, 5.74) is 1.97. The molecule has 0 aromatic carbocycles. The number of aromatic nitrogens is 2. The van der Waals surface area contributed by atoms with E-state index in [1.54, 1.807) is 0 Å². The van der Waals surface area contributed by atoms with E-state index in [-0.39, 0.29) is 18.0 Å². The number of amides is 1. The molecule has 2 aromatic rings. The average Bonchev–Trinajstić information content (AvgIpc) is 3.12. The number of nitrogens with zero attached hydrogens (tertiary/aromatic N) is 3. The molecule has 5 nitrogen and oxygen atoms in total. The third-order valence-corrected chi connectivity index (χ3v) is 5.16. The van der Waals surface area contributed by atoms with E-state index in [0.717, 1.165) is 61.6 Å². The van der Waals surface area contributed by atoms with Gasteiger partial charge in [0.15, 0.2) is 0 Å². The Bertz CT molecular complexity index is 731. The maximum atomic E-state index is 13.3. The molecule has 2 atom stereocenters. The molecule has 25 heavy (non-hydrogen) atoms. The Morgan fingerprint density at radius 3 is 2.76 bits per heavy atom. The number of aryl methyl sites for hydroxylation is 3. The summed E-state index contributed by atoms with van der Waals surface area (Å²) < 4.78 is 7.85. The van der Waals surface area contributed by atoms with Gasteiger partial charge in [0.2, 0.25) is 5.91 Å². The van der Waals surface area contributed by atoms with Gasteiger partial charge in [0.05, 0.1) is 11.7 Å². The minimum absolute atomic E-state index is 0.0368. The van der Waals surface area contributed by atoms with Crippen LogP contribution in [0.1, 0.15) is 74.5 Å². The van der Waals surface area contributed by atoms with Gasteiger partial charge in [0.25, 0.3) is 0 Å². The lowest BCUT2D eigenvalue weighted by atomic mass is 10.1. The first-order valence-corrected chi connectivity index (χ1v) is 9.43. The fourth-order valence-corrected chi connectivity index (χ4v) is 3.81. The van der Waals surface area contributed by atoms with Gasteiger partial charge >= 0.3 is 0 Å². The molecular weight excluding hydrogens is 314 g/mol. The Balaban J connectivity index is 1.87. The molecule has 0 bridgehead atoms. The van der Waals surface area contributed by atoms with Gasteiger partial charge in [0.1, 0.15) is 17.6 Å². The molecule has 3 heterocycles. The Labute approximate surface area is 150 Å². The highest BCUT2D eigenvalue weighted by atomic mass is 16.3. The van der Waals surface area contributed by atoms with Crippen molar-refractivity contribution in [2.24, 2.45) is 0 Å². The minimum Gasteiger partial charge on any atom is -0.464 e. The van der Waals surface area contributed by atoms with Crippen LogP contribution >= 0.6 is 0 Å². The molecule has 1 aliphatic heterocycles. The quantitative estimate of drug-likeness (QED) is 0.829. The normalized spacial score (nSPS) is 19.7.